The van der Waals surface area contributed by atoms with E-state index in [1.165, 1.54) is 14.2 Å². The van der Waals surface area contributed by atoms with Gasteiger partial charge in [0.25, 0.3) is 0 Å². The summed E-state index contributed by atoms with van der Waals surface area (Å²) in [5, 5.41) is 8.46. The van der Waals surface area contributed by atoms with Gasteiger partial charge in [-0.3, -0.25) is 9.59 Å². The summed E-state index contributed by atoms with van der Waals surface area (Å²) in [4.78, 5) is 22.2. The molecule has 0 aliphatic rings. The summed E-state index contributed by atoms with van der Waals surface area (Å²) < 4.78 is 4.45. The van der Waals surface area contributed by atoms with Gasteiger partial charge in [-0.05, 0) is 6.42 Å². The van der Waals surface area contributed by atoms with Crippen LogP contribution in [0.15, 0.2) is 10.3 Å². The Hall–Kier alpha value is -1.17. The first-order valence-electron chi connectivity index (χ1n) is 4.88. The fourth-order valence-corrected chi connectivity index (χ4v) is 0.951. The molecular weight excluding hydrogens is 234 g/mol. The van der Waals surface area contributed by atoms with Gasteiger partial charge in [0.15, 0.2) is 0 Å². The van der Waals surface area contributed by atoms with Crippen LogP contribution >= 0.6 is 11.6 Å². The molecule has 0 bridgehead atoms. The van der Waals surface area contributed by atoms with E-state index >= 15 is 0 Å². The molecule has 0 N–H and O–H groups in total. The molecule has 0 saturated heterocycles. The second-order valence-corrected chi connectivity index (χ2v) is 3.37. The molecule has 0 spiro atoms. The van der Waals surface area contributed by atoms with Gasteiger partial charge >= 0.3 is 5.97 Å². The van der Waals surface area contributed by atoms with Crippen LogP contribution in [-0.4, -0.2) is 43.5 Å². The Morgan fingerprint density at radius 3 is 2.62 bits per heavy atom. The van der Waals surface area contributed by atoms with Crippen molar-refractivity contribution in [1.82, 2.24) is 5.01 Å². The van der Waals surface area contributed by atoms with E-state index in [9.17, 15) is 9.59 Å². The van der Waals surface area contributed by atoms with Crippen molar-refractivity contribution in [2.24, 2.45) is 10.3 Å². The van der Waals surface area contributed by atoms with Crippen LogP contribution in [0.25, 0.3) is 0 Å². The van der Waals surface area contributed by atoms with Crippen molar-refractivity contribution in [2.45, 2.75) is 19.3 Å². The van der Waals surface area contributed by atoms with E-state index < -0.39 is 0 Å². The number of esters is 1. The molecule has 0 unspecified atom stereocenters. The zero-order chi connectivity index (χ0) is 12.4. The first kappa shape index (κ1) is 14.8. The maximum Gasteiger partial charge on any atom is 0.305 e. The van der Waals surface area contributed by atoms with E-state index in [1.54, 1.807) is 0 Å². The fraction of sp³-hybridized carbons (Fsp3) is 0.778. The van der Waals surface area contributed by atoms with Gasteiger partial charge in [0, 0.05) is 25.8 Å². The van der Waals surface area contributed by atoms with Gasteiger partial charge in [0.05, 0.1) is 13.7 Å². The standard InChI is InChI=1S/C9H16ClN3O3/c1-13(12-11-7-6-10)8(14)4-3-5-9(15)16-2/h3-7H2,1-2H3. The molecule has 0 rings (SSSR count). The van der Waals surface area contributed by atoms with Crippen LogP contribution in [0.1, 0.15) is 19.3 Å². The quantitative estimate of drug-likeness (QED) is 0.296. The molecule has 0 fully saturated rings. The molecule has 0 aliphatic carbocycles. The molecule has 16 heavy (non-hydrogen) atoms. The summed E-state index contributed by atoms with van der Waals surface area (Å²) in [6, 6.07) is 0. The molecule has 0 aromatic heterocycles. The van der Waals surface area contributed by atoms with Crippen LogP contribution in [0.5, 0.6) is 0 Å². The highest BCUT2D eigenvalue weighted by atomic mass is 35.5. The lowest BCUT2D eigenvalue weighted by Crippen LogP contribution is -2.20. The van der Waals surface area contributed by atoms with E-state index in [4.69, 9.17) is 11.6 Å². The zero-order valence-electron chi connectivity index (χ0n) is 9.48. The topological polar surface area (TPSA) is 71.3 Å². The third kappa shape index (κ3) is 7.17. The first-order valence-corrected chi connectivity index (χ1v) is 5.42. The number of hydrogen-bond acceptors (Lipinski definition) is 5. The molecule has 0 heterocycles. The van der Waals surface area contributed by atoms with Gasteiger partial charge < -0.3 is 4.74 Å². The predicted octanol–water partition coefficient (Wildman–Crippen LogP) is 1.39. The maximum absolute atomic E-state index is 11.4. The molecule has 7 heteroatoms. The monoisotopic (exact) mass is 249 g/mol. The Morgan fingerprint density at radius 1 is 1.38 bits per heavy atom. The Bertz CT molecular complexity index is 258. The second-order valence-electron chi connectivity index (χ2n) is 2.99. The van der Waals surface area contributed by atoms with Gasteiger partial charge in [0.1, 0.15) is 0 Å². The summed E-state index contributed by atoms with van der Waals surface area (Å²) in [6.07, 6.45) is 0.918. The molecule has 1 amide bonds. The van der Waals surface area contributed by atoms with Crippen LogP contribution in [0, 0.1) is 0 Å². The van der Waals surface area contributed by atoms with E-state index in [-0.39, 0.29) is 24.7 Å². The highest BCUT2D eigenvalue weighted by Crippen LogP contribution is 2.01. The number of hydrogen-bond donors (Lipinski definition) is 0. The highest BCUT2D eigenvalue weighted by Gasteiger charge is 2.08. The fourth-order valence-electron chi connectivity index (χ4n) is 0.875. The summed E-state index contributed by atoms with van der Waals surface area (Å²) in [6.45, 7) is 0.376. The Kier molecular flexibility index (Phi) is 8.42. The molecule has 0 saturated carbocycles. The lowest BCUT2D eigenvalue weighted by Gasteiger charge is -2.08. The highest BCUT2D eigenvalue weighted by molar-refractivity contribution is 6.18. The summed E-state index contributed by atoms with van der Waals surface area (Å²) in [5.74, 6) is -0.144. The molecule has 0 aromatic rings. The molecule has 92 valence electrons. The van der Waals surface area contributed by atoms with Crippen molar-refractivity contribution in [1.29, 1.82) is 0 Å². The van der Waals surface area contributed by atoms with Gasteiger partial charge in [-0.2, -0.15) is 5.11 Å². The molecular formula is C9H16ClN3O3. The van der Waals surface area contributed by atoms with Crippen LogP contribution < -0.4 is 0 Å². The Balaban J connectivity index is 3.75. The summed E-state index contributed by atoms with van der Waals surface area (Å²) >= 11 is 5.39. The Labute approximate surface area is 99.6 Å². The van der Waals surface area contributed by atoms with Crippen LogP contribution in [0.3, 0.4) is 0 Å². The normalized spacial score (nSPS) is 10.4. The van der Waals surface area contributed by atoms with Gasteiger partial charge in [-0.15, -0.1) is 11.6 Å². The molecule has 0 atom stereocenters. The lowest BCUT2D eigenvalue weighted by molar-refractivity contribution is -0.140. The van der Waals surface area contributed by atoms with Gasteiger partial charge in [-0.25, -0.2) is 5.01 Å². The molecule has 0 aliphatic heterocycles. The van der Waals surface area contributed by atoms with Crippen molar-refractivity contribution in [2.75, 3.05) is 26.6 Å². The summed E-state index contributed by atoms with van der Waals surface area (Å²) in [7, 11) is 2.83. The number of methoxy groups -OCH3 is 1. The minimum absolute atomic E-state index is 0.192. The Morgan fingerprint density at radius 2 is 2.06 bits per heavy atom. The second kappa shape index (κ2) is 9.08. The van der Waals surface area contributed by atoms with Crippen LogP contribution in [0.2, 0.25) is 0 Å². The zero-order valence-corrected chi connectivity index (χ0v) is 10.2. The number of ether oxygens (including phenoxy) is 1. The number of carbonyl (C=O) groups excluding carboxylic acids is 2. The van der Waals surface area contributed by atoms with Crippen molar-refractivity contribution in [3.8, 4) is 0 Å². The molecule has 0 radical (unpaired) electrons. The number of halogens is 1. The van der Waals surface area contributed by atoms with E-state index in [1.807, 2.05) is 0 Å². The molecule has 6 nitrogen and oxygen atoms in total. The maximum atomic E-state index is 11.4. The average molecular weight is 250 g/mol. The number of amides is 1. The van der Waals surface area contributed by atoms with Gasteiger partial charge in [-0.1, -0.05) is 5.22 Å². The van der Waals surface area contributed by atoms with E-state index in [0.29, 0.717) is 18.8 Å². The lowest BCUT2D eigenvalue weighted by atomic mass is 10.2. The number of alkyl halides is 1. The number of carbonyl (C=O) groups is 2. The first-order chi connectivity index (χ1) is 7.61. The van der Waals surface area contributed by atoms with Crippen molar-refractivity contribution in [3.05, 3.63) is 0 Å². The van der Waals surface area contributed by atoms with Crippen molar-refractivity contribution in [3.63, 3.8) is 0 Å². The number of rotatable bonds is 7. The third-order valence-electron chi connectivity index (χ3n) is 1.74. The smallest absolute Gasteiger partial charge is 0.305 e. The summed E-state index contributed by atoms with van der Waals surface area (Å²) in [5.41, 5.74) is 0. The molecule has 0 aromatic carbocycles. The SMILES string of the molecule is COC(=O)CCCC(=O)N(C)N=NCCCl. The third-order valence-corrected chi connectivity index (χ3v) is 1.91. The largest absolute Gasteiger partial charge is 0.469 e. The van der Waals surface area contributed by atoms with E-state index in [0.717, 1.165) is 5.01 Å². The van der Waals surface area contributed by atoms with Crippen molar-refractivity contribution < 1.29 is 14.3 Å². The minimum Gasteiger partial charge on any atom is -0.469 e. The van der Waals surface area contributed by atoms with Gasteiger partial charge in [0.2, 0.25) is 5.91 Å². The van der Waals surface area contributed by atoms with E-state index in [2.05, 4.69) is 15.1 Å². The minimum atomic E-state index is -0.320. The number of nitrogens with zero attached hydrogens (tertiary/aromatic N) is 3. The van der Waals surface area contributed by atoms with Crippen LogP contribution in [0.4, 0.5) is 0 Å². The van der Waals surface area contributed by atoms with Crippen molar-refractivity contribution >= 4 is 23.5 Å². The average Bonchev–Trinajstić information content (AvgIpc) is 2.28. The van der Waals surface area contributed by atoms with Crippen LogP contribution in [-0.2, 0) is 14.3 Å². The predicted molar refractivity (Wildman–Crippen MR) is 59.1 cm³/mol.